The molecule has 0 saturated heterocycles. The lowest BCUT2D eigenvalue weighted by Crippen LogP contribution is -2.26. The fraction of sp³-hybridized carbons (Fsp3) is 1.00. The molecule has 0 amide bonds. The van der Waals surface area contributed by atoms with E-state index in [0.717, 1.165) is 29.6 Å². The molecule has 3 aliphatic carbocycles. The van der Waals surface area contributed by atoms with Gasteiger partial charge in [-0.3, -0.25) is 0 Å². The highest BCUT2D eigenvalue weighted by Gasteiger charge is 2.30. The highest BCUT2D eigenvalue weighted by molar-refractivity contribution is 4.81. The largest absolute Gasteiger partial charge is 0.0625 e. The molecule has 0 heterocycles. The first-order valence-corrected chi connectivity index (χ1v) is 6.63. The molecule has 0 aliphatic heterocycles. The third-order valence-corrected chi connectivity index (χ3v) is 4.41. The molecule has 0 N–H and O–H groups in total. The second kappa shape index (κ2) is 4.24. The molecule has 3 rings (SSSR count). The van der Waals surface area contributed by atoms with Crippen molar-refractivity contribution in [2.45, 2.75) is 59.3 Å². The molecular weight excluding hydrogens is 168 g/mol. The van der Waals surface area contributed by atoms with Crippen molar-refractivity contribution >= 4 is 0 Å². The molecule has 0 heteroatoms. The lowest BCUT2D eigenvalue weighted by atomic mass is 9.68. The summed E-state index contributed by atoms with van der Waals surface area (Å²) in [5, 5.41) is 0. The number of rotatable bonds is 0. The SMILES string of the molecule is CC1CC2CC(C)CC(C1)CC(C)C2. The summed E-state index contributed by atoms with van der Waals surface area (Å²) in [4.78, 5) is 0. The monoisotopic (exact) mass is 194 g/mol. The summed E-state index contributed by atoms with van der Waals surface area (Å²) >= 11 is 0. The summed E-state index contributed by atoms with van der Waals surface area (Å²) in [5.41, 5.74) is 0. The van der Waals surface area contributed by atoms with Crippen molar-refractivity contribution < 1.29 is 0 Å². The van der Waals surface area contributed by atoms with E-state index in [-0.39, 0.29) is 0 Å². The summed E-state index contributed by atoms with van der Waals surface area (Å²) in [6.07, 6.45) is 9.11. The van der Waals surface area contributed by atoms with E-state index in [9.17, 15) is 0 Å². The van der Waals surface area contributed by atoms with Crippen LogP contribution in [0.25, 0.3) is 0 Å². The van der Waals surface area contributed by atoms with E-state index in [2.05, 4.69) is 20.8 Å². The Bertz CT molecular complexity index is 133. The van der Waals surface area contributed by atoms with E-state index in [1.165, 1.54) is 38.5 Å². The molecule has 0 nitrogen and oxygen atoms in total. The molecule has 3 saturated carbocycles. The van der Waals surface area contributed by atoms with Gasteiger partial charge in [-0.25, -0.2) is 0 Å². The maximum Gasteiger partial charge on any atom is -0.0407 e. The van der Waals surface area contributed by atoms with Crippen LogP contribution in [0.3, 0.4) is 0 Å². The van der Waals surface area contributed by atoms with Crippen LogP contribution in [-0.2, 0) is 0 Å². The Morgan fingerprint density at radius 2 is 0.714 bits per heavy atom. The molecular formula is C14H26. The van der Waals surface area contributed by atoms with Crippen LogP contribution in [0, 0.1) is 29.6 Å². The van der Waals surface area contributed by atoms with Crippen molar-refractivity contribution in [3.63, 3.8) is 0 Å². The molecule has 3 aliphatic rings. The Hall–Kier alpha value is 0. The maximum atomic E-state index is 2.48. The van der Waals surface area contributed by atoms with E-state index in [0.29, 0.717) is 0 Å². The van der Waals surface area contributed by atoms with Crippen molar-refractivity contribution in [3.05, 3.63) is 0 Å². The third kappa shape index (κ3) is 2.52. The minimum Gasteiger partial charge on any atom is -0.0625 e. The molecule has 14 heavy (non-hydrogen) atoms. The third-order valence-electron chi connectivity index (χ3n) is 4.41. The smallest absolute Gasteiger partial charge is 0.0407 e. The molecule has 0 radical (unpaired) electrons. The van der Waals surface area contributed by atoms with Gasteiger partial charge in [-0.15, -0.1) is 0 Å². The molecule has 2 bridgehead atoms. The Balaban J connectivity index is 2.10. The molecule has 0 spiro atoms. The molecule has 3 fully saturated rings. The minimum absolute atomic E-state index is 1.00. The topological polar surface area (TPSA) is 0 Å². The van der Waals surface area contributed by atoms with Gasteiger partial charge < -0.3 is 0 Å². The van der Waals surface area contributed by atoms with Crippen LogP contribution in [0.15, 0.2) is 0 Å². The van der Waals surface area contributed by atoms with Gasteiger partial charge in [-0.2, -0.15) is 0 Å². The van der Waals surface area contributed by atoms with Gasteiger partial charge >= 0.3 is 0 Å². The Morgan fingerprint density at radius 3 is 0.929 bits per heavy atom. The first-order chi connectivity index (χ1) is 6.63. The van der Waals surface area contributed by atoms with Crippen molar-refractivity contribution in [1.29, 1.82) is 0 Å². The van der Waals surface area contributed by atoms with Crippen molar-refractivity contribution in [2.75, 3.05) is 0 Å². The second-order valence-corrected chi connectivity index (χ2v) is 6.46. The first-order valence-electron chi connectivity index (χ1n) is 6.63. The van der Waals surface area contributed by atoms with Crippen LogP contribution in [0.1, 0.15) is 59.3 Å². The van der Waals surface area contributed by atoms with Crippen LogP contribution in [0.2, 0.25) is 0 Å². The molecule has 82 valence electrons. The van der Waals surface area contributed by atoms with E-state index in [1.54, 1.807) is 0 Å². The van der Waals surface area contributed by atoms with Gasteiger partial charge in [0.2, 0.25) is 0 Å². The maximum absolute atomic E-state index is 2.48. The second-order valence-electron chi connectivity index (χ2n) is 6.46. The van der Waals surface area contributed by atoms with Gasteiger partial charge in [0.05, 0.1) is 0 Å². The summed E-state index contributed by atoms with van der Waals surface area (Å²) in [6, 6.07) is 0. The molecule has 0 atom stereocenters. The average Bonchev–Trinajstić information content (AvgIpc) is 1.96. The van der Waals surface area contributed by atoms with Crippen LogP contribution in [-0.4, -0.2) is 0 Å². The lowest BCUT2D eigenvalue weighted by molar-refractivity contribution is 0.135. The van der Waals surface area contributed by atoms with Gasteiger partial charge in [0.1, 0.15) is 0 Å². The summed E-state index contributed by atoms with van der Waals surface area (Å²) < 4.78 is 0. The van der Waals surface area contributed by atoms with E-state index >= 15 is 0 Å². The Kier molecular flexibility index (Phi) is 3.19. The van der Waals surface area contributed by atoms with Crippen LogP contribution in [0.4, 0.5) is 0 Å². The van der Waals surface area contributed by atoms with Gasteiger partial charge in [0, 0.05) is 0 Å². The quantitative estimate of drug-likeness (QED) is 0.533. The van der Waals surface area contributed by atoms with Crippen LogP contribution < -0.4 is 0 Å². The van der Waals surface area contributed by atoms with E-state index in [4.69, 9.17) is 0 Å². The van der Waals surface area contributed by atoms with Crippen molar-refractivity contribution in [2.24, 2.45) is 29.6 Å². The average molecular weight is 194 g/mol. The summed E-state index contributed by atoms with van der Waals surface area (Å²) in [6.45, 7) is 7.43. The standard InChI is InChI=1S/C14H26/c1-10-4-13-6-11(2)7-14(5-10)9-12(3)8-13/h10-14H,4-9H2,1-3H3. The van der Waals surface area contributed by atoms with Gasteiger partial charge in [0.15, 0.2) is 0 Å². The number of hydrogen-bond acceptors (Lipinski definition) is 0. The molecule has 0 aromatic carbocycles. The molecule has 0 unspecified atom stereocenters. The highest BCUT2D eigenvalue weighted by atomic mass is 14.4. The minimum atomic E-state index is 1.00. The van der Waals surface area contributed by atoms with E-state index < -0.39 is 0 Å². The fourth-order valence-electron chi connectivity index (χ4n) is 4.28. The molecule has 0 aromatic heterocycles. The van der Waals surface area contributed by atoms with Crippen LogP contribution in [0.5, 0.6) is 0 Å². The summed E-state index contributed by atoms with van der Waals surface area (Å²) in [7, 11) is 0. The number of hydrogen-bond donors (Lipinski definition) is 0. The van der Waals surface area contributed by atoms with Gasteiger partial charge in [-0.05, 0) is 68.1 Å². The lowest BCUT2D eigenvalue weighted by Gasteiger charge is -2.38. The zero-order valence-electron chi connectivity index (χ0n) is 10.1. The van der Waals surface area contributed by atoms with Crippen molar-refractivity contribution in [3.8, 4) is 0 Å². The zero-order chi connectivity index (χ0) is 10.1. The van der Waals surface area contributed by atoms with Crippen LogP contribution >= 0.6 is 0 Å². The first kappa shape index (κ1) is 10.5. The predicted octanol–water partition coefficient (Wildman–Crippen LogP) is 4.49. The zero-order valence-corrected chi connectivity index (χ0v) is 10.1. The Morgan fingerprint density at radius 1 is 0.500 bits per heavy atom. The summed E-state index contributed by atoms with van der Waals surface area (Å²) in [5.74, 6) is 5.12. The predicted molar refractivity (Wildman–Crippen MR) is 62.2 cm³/mol. The van der Waals surface area contributed by atoms with Gasteiger partial charge in [-0.1, -0.05) is 20.8 Å². The van der Waals surface area contributed by atoms with Crippen molar-refractivity contribution in [1.82, 2.24) is 0 Å². The number of fused-ring (bicyclic) bond motifs is 6. The highest BCUT2D eigenvalue weighted by Crippen LogP contribution is 2.42. The van der Waals surface area contributed by atoms with Gasteiger partial charge in [0.25, 0.3) is 0 Å². The Labute approximate surface area is 89.5 Å². The molecule has 0 aromatic rings. The normalized spacial score (nSPS) is 49.5. The fourth-order valence-corrected chi connectivity index (χ4v) is 4.28. The van der Waals surface area contributed by atoms with E-state index in [1.807, 2.05) is 0 Å².